The molecule has 22 heavy (non-hydrogen) atoms. The molecule has 4 heteroatoms. The van der Waals surface area contributed by atoms with E-state index in [1.165, 1.54) is 0 Å². The fraction of sp³-hybridized carbons (Fsp3) is 0.222. The molecule has 4 nitrogen and oxygen atoms in total. The van der Waals surface area contributed by atoms with Gasteiger partial charge in [-0.05, 0) is 37.1 Å². The van der Waals surface area contributed by atoms with Gasteiger partial charge < -0.3 is 9.84 Å². The number of carbonyl (C=O) groups is 1. The van der Waals surface area contributed by atoms with E-state index in [0.717, 1.165) is 16.7 Å². The molecule has 2 rings (SSSR count). The molecule has 0 aliphatic rings. The molecule has 1 aromatic carbocycles. The van der Waals surface area contributed by atoms with Crippen LogP contribution >= 0.6 is 0 Å². The van der Waals surface area contributed by atoms with Gasteiger partial charge in [-0.2, -0.15) is 0 Å². The van der Waals surface area contributed by atoms with E-state index in [4.69, 9.17) is 4.74 Å². The summed E-state index contributed by atoms with van der Waals surface area (Å²) in [5, 5.41) is 9.68. The third-order valence-electron chi connectivity index (χ3n) is 3.22. The van der Waals surface area contributed by atoms with E-state index < -0.39 is 0 Å². The van der Waals surface area contributed by atoms with E-state index >= 15 is 0 Å². The molecule has 1 aromatic heterocycles. The minimum atomic E-state index is -0.299. The molecular formula is C18H19NO3. The Bertz CT molecular complexity index is 675. The average Bonchev–Trinajstić information content (AvgIpc) is 2.51. The number of rotatable bonds is 5. The van der Waals surface area contributed by atoms with Crippen molar-refractivity contribution >= 4 is 12.0 Å². The second kappa shape index (κ2) is 7.41. The molecule has 2 aromatic rings. The maximum atomic E-state index is 11.6. The summed E-state index contributed by atoms with van der Waals surface area (Å²) in [7, 11) is 0. The molecule has 0 aliphatic carbocycles. The fourth-order valence-electron chi connectivity index (χ4n) is 2.07. The summed E-state index contributed by atoms with van der Waals surface area (Å²) >= 11 is 0. The first kappa shape index (κ1) is 15.8. The van der Waals surface area contributed by atoms with Gasteiger partial charge in [-0.3, -0.25) is 0 Å². The molecule has 0 aliphatic heterocycles. The van der Waals surface area contributed by atoms with E-state index in [-0.39, 0.29) is 11.8 Å². The predicted octanol–water partition coefficient (Wildman–Crippen LogP) is 3.34. The lowest BCUT2D eigenvalue weighted by atomic mass is 10.0. The number of hydrogen-bond donors (Lipinski definition) is 1. The molecule has 0 bridgehead atoms. The Morgan fingerprint density at radius 3 is 2.64 bits per heavy atom. The molecular weight excluding hydrogens is 278 g/mol. The van der Waals surface area contributed by atoms with Gasteiger partial charge in [-0.15, -0.1) is 0 Å². The summed E-state index contributed by atoms with van der Waals surface area (Å²) in [4.78, 5) is 15.4. The maximum absolute atomic E-state index is 11.6. The van der Waals surface area contributed by atoms with Crippen LogP contribution in [0.2, 0.25) is 0 Å². The predicted molar refractivity (Wildman–Crippen MR) is 85.4 cm³/mol. The van der Waals surface area contributed by atoms with Crippen LogP contribution < -0.4 is 0 Å². The molecule has 1 heterocycles. The Kier molecular flexibility index (Phi) is 5.31. The Labute approximate surface area is 130 Å². The topological polar surface area (TPSA) is 59.4 Å². The number of benzene rings is 1. The lowest BCUT2D eigenvalue weighted by Crippen LogP contribution is -2.04. The molecule has 114 valence electrons. The lowest BCUT2D eigenvalue weighted by Gasteiger charge is -2.05. The van der Waals surface area contributed by atoms with Crippen molar-refractivity contribution in [2.75, 3.05) is 6.61 Å². The van der Waals surface area contributed by atoms with Crippen LogP contribution in [0.3, 0.4) is 0 Å². The number of aromatic nitrogens is 1. The highest BCUT2D eigenvalue weighted by Crippen LogP contribution is 2.18. The van der Waals surface area contributed by atoms with E-state index in [9.17, 15) is 9.90 Å². The lowest BCUT2D eigenvalue weighted by molar-refractivity contribution is -0.138. The number of hydrogen-bond acceptors (Lipinski definition) is 4. The van der Waals surface area contributed by atoms with Crippen LogP contribution in [0.1, 0.15) is 30.5 Å². The Morgan fingerprint density at radius 2 is 2.00 bits per heavy atom. The summed E-state index contributed by atoms with van der Waals surface area (Å²) in [6.45, 7) is 3.89. The van der Waals surface area contributed by atoms with Gasteiger partial charge in [-0.25, -0.2) is 9.78 Å². The smallest absolute Gasteiger partial charge is 0.333 e. The summed E-state index contributed by atoms with van der Waals surface area (Å²) in [5.41, 5.74) is 3.35. The summed E-state index contributed by atoms with van der Waals surface area (Å²) in [6.07, 6.45) is 3.97. The molecule has 0 spiro atoms. The van der Waals surface area contributed by atoms with Crippen LogP contribution in [0.15, 0.2) is 48.2 Å². The minimum Gasteiger partial charge on any atom is -0.493 e. The number of carbonyl (C=O) groups excluding carboxylic acids is 1. The van der Waals surface area contributed by atoms with Crippen LogP contribution in [0.25, 0.3) is 6.08 Å². The summed E-state index contributed by atoms with van der Waals surface area (Å²) < 4.78 is 4.95. The van der Waals surface area contributed by atoms with E-state index in [0.29, 0.717) is 18.6 Å². The van der Waals surface area contributed by atoms with Crippen molar-refractivity contribution in [2.45, 2.75) is 20.3 Å². The van der Waals surface area contributed by atoms with Crippen LogP contribution in [-0.4, -0.2) is 22.7 Å². The number of ether oxygens (including phenoxy) is 1. The largest absolute Gasteiger partial charge is 0.493 e. The van der Waals surface area contributed by atoms with Crippen molar-refractivity contribution in [2.24, 2.45) is 0 Å². The minimum absolute atomic E-state index is 0.0598. The summed E-state index contributed by atoms with van der Waals surface area (Å²) in [6, 6.07) is 11.5. The van der Waals surface area contributed by atoms with Crippen LogP contribution in [0.5, 0.6) is 5.88 Å². The molecule has 0 saturated carbocycles. The molecule has 0 radical (unpaired) electrons. The molecule has 0 saturated heterocycles. The second-order valence-electron chi connectivity index (χ2n) is 4.95. The van der Waals surface area contributed by atoms with E-state index in [2.05, 4.69) is 4.98 Å². The number of nitrogens with zero attached hydrogens (tertiary/aromatic N) is 1. The zero-order valence-corrected chi connectivity index (χ0v) is 12.7. The molecule has 0 unspecified atom stereocenters. The Balaban J connectivity index is 2.09. The van der Waals surface area contributed by atoms with Crippen molar-refractivity contribution in [1.29, 1.82) is 0 Å². The highest BCUT2D eigenvalue weighted by Gasteiger charge is 2.05. The SMILES string of the molecule is CCOC(=O)/C(C)=C/c1ccc(Cc2cccnc2O)cc1. The average molecular weight is 297 g/mol. The normalized spacial score (nSPS) is 11.3. The van der Waals surface area contributed by atoms with E-state index in [1.807, 2.05) is 30.3 Å². The van der Waals surface area contributed by atoms with Gasteiger partial charge in [-0.1, -0.05) is 30.3 Å². The van der Waals surface area contributed by atoms with Gasteiger partial charge in [0, 0.05) is 23.8 Å². The molecule has 1 N–H and O–H groups in total. The van der Waals surface area contributed by atoms with Crippen LogP contribution in [-0.2, 0) is 16.0 Å². The van der Waals surface area contributed by atoms with Gasteiger partial charge in [0.15, 0.2) is 0 Å². The number of esters is 1. The van der Waals surface area contributed by atoms with Crippen molar-refractivity contribution in [1.82, 2.24) is 4.98 Å². The standard InChI is InChI=1S/C18H19NO3/c1-3-22-18(21)13(2)11-14-6-8-15(9-7-14)12-16-5-4-10-19-17(16)20/h4-11H,3,12H2,1-2H3,(H,19,20)/b13-11+. The van der Waals surface area contributed by atoms with Gasteiger partial charge in [0.2, 0.25) is 5.88 Å². The zero-order chi connectivity index (χ0) is 15.9. The van der Waals surface area contributed by atoms with Gasteiger partial charge in [0.25, 0.3) is 0 Å². The molecule has 0 fully saturated rings. The zero-order valence-electron chi connectivity index (χ0n) is 12.7. The van der Waals surface area contributed by atoms with Crippen molar-refractivity contribution < 1.29 is 14.6 Å². The summed E-state index contributed by atoms with van der Waals surface area (Å²) in [5.74, 6) is -0.239. The Morgan fingerprint density at radius 1 is 1.27 bits per heavy atom. The monoisotopic (exact) mass is 297 g/mol. The molecule has 0 amide bonds. The quantitative estimate of drug-likeness (QED) is 0.679. The van der Waals surface area contributed by atoms with Crippen molar-refractivity contribution in [3.8, 4) is 5.88 Å². The van der Waals surface area contributed by atoms with Crippen LogP contribution in [0, 0.1) is 0 Å². The third kappa shape index (κ3) is 4.19. The van der Waals surface area contributed by atoms with E-state index in [1.54, 1.807) is 32.2 Å². The number of aromatic hydroxyl groups is 1. The van der Waals surface area contributed by atoms with Gasteiger partial charge in [0.05, 0.1) is 6.61 Å². The first-order chi connectivity index (χ1) is 10.6. The highest BCUT2D eigenvalue weighted by atomic mass is 16.5. The highest BCUT2D eigenvalue weighted by molar-refractivity contribution is 5.92. The van der Waals surface area contributed by atoms with Crippen LogP contribution in [0.4, 0.5) is 0 Å². The Hall–Kier alpha value is -2.62. The maximum Gasteiger partial charge on any atom is 0.333 e. The first-order valence-electron chi connectivity index (χ1n) is 7.17. The van der Waals surface area contributed by atoms with Gasteiger partial charge in [0.1, 0.15) is 0 Å². The second-order valence-corrected chi connectivity index (χ2v) is 4.95. The van der Waals surface area contributed by atoms with Crippen molar-refractivity contribution in [3.05, 3.63) is 64.9 Å². The first-order valence-corrected chi connectivity index (χ1v) is 7.17. The van der Waals surface area contributed by atoms with Gasteiger partial charge >= 0.3 is 5.97 Å². The van der Waals surface area contributed by atoms with Crippen molar-refractivity contribution in [3.63, 3.8) is 0 Å². The fourth-order valence-corrected chi connectivity index (χ4v) is 2.07. The molecule has 0 atom stereocenters. The number of pyridine rings is 1. The third-order valence-corrected chi connectivity index (χ3v) is 3.22.